The number of nitrogens with one attached hydrogen (secondary N) is 1. The van der Waals surface area contributed by atoms with Crippen LogP contribution in [0.25, 0.3) is 0 Å². The highest BCUT2D eigenvalue weighted by atomic mass is 35.5. The zero-order chi connectivity index (χ0) is 13.7. The Morgan fingerprint density at radius 2 is 2.26 bits per heavy atom. The van der Waals surface area contributed by atoms with Gasteiger partial charge in [0.25, 0.3) is 0 Å². The number of methoxy groups -OCH3 is 1. The van der Waals surface area contributed by atoms with Crippen molar-refractivity contribution < 1.29 is 4.74 Å². The molecule has 4 nitrogen and oxygen atoms in total. The summed E-state index contributed by atoms with van der Waals surface area (Å²) >= 11 is 6.03. The minimum Gasteiger partial charge on any atom is -0.496 e. The van der Waals surface area contributed by atoms with Crippen LogP contribution in [0.2, 0.25) is 5.02 Å². The zero-order valence-corrected chi connectivity index (χ0v) is 11.9. The molecule has 2 aromatic rings. The predicted octanol–water partition coefficient (Wildman–Crippen LogP) is 2.75. The van der Waals surface area contributed by atoms with Crippen LogP contribution in [0.4, 0.5) is 0 Å². The number of ether oxygens (including phenoxy) is 1. The summed E-state index contributed by atoms with van der Waals surface area (Å²) in [6.07, 6.45) is 4.75. The number of aromatic amines is 1. The van der Waals surface area contributed by atoms with Crippen LogP contribution in [0.3, 0.4) is 0 Å². The molecule has 0 unspecified atom stereocenters. The Hall–Kier alpha value is -1.52. The Morgan fingerprint density at radius 3 is 2.95 bits per heavy atom. The van der Waals surface area contributed by atoms with Gasteiger partial charge in [0.2, 0.25) is 0 Å². The first kappa shape index (κ1) is 13.9. The molecule has 1 aromatic heterocycles. The molecule has 5 heteroatoms. The number of aromatic nitrogens is 2. The molecule has 0 fully saturated rings. The van der Waals surface area contributed by atoms with Crippen LogP contribution in [-0.2, 0) is 13.0 Å². The minimum atomic E-state index is 0.735. The molecule has 0 saturated carbocycles. The van der Waals surface area contributed by atoms with Crippen LogP contribution in [0, 0.1) is 0 Å². The van der Waals surface area contributed by atoms with E-state index in [1.807, 2.05) is 30.6 Å². The SMILES string of the molecule is COc1ccc(Cl)cc1CN(C)CCc1cn[nH]c1. The second-order valence-corrected chi connectivity index (χ2v) is 4.99. The third-order valence-electron chi connectivity index (χ3n) is 3.02. The lowest BCUT2D eigenvalue weighted by Gasteiger charge is -2.18. The van der Waals surface area contributed by atoms with Crippen molar-refractivity contribution in [3.05, 3.63) is 46.7 Å². The van der Waals surface area contributed by atoms with Gasteiger partial charge in [-0.3, -0.25) is 5.10 Å². The molecule has 2 rings (SSSR count). The molecule has 0 saturated heterocycles. The van der Waals surface area contributed by atoms with E-state index in [2.05, 4.69) is 22.1 Å². The summed E-state index contributed by atoms with van der Waals surface area (Å²) < 4.78 is 5.35. The maximum Gasteiger partial charge on any atom is 0.123 e. The fraction of sp³-hybridized carbons (Fsp3) is 0.357. The van der Waals surface area contributed by atoms with Crippen molar-refractivity contribution in [2.45, 2.75) is 13.0 Å². The van der Waals surface area contributed by atoms with Crippen LogP contribution in [-0.4, -0.2) is 35.8 Å². The highest BCUT2D eigenvalue weighted by Crippen LogP contribution is 2.23. The Kier molecular flexibility index (Phi) is 4.82. The standard InChI is InChI=1S/C14H18ClN3O/c1-18(6-5-11-8-16-17-9-11)10-12-7-13(15)3-4-14(12)19-2/h3-4,7-9H,5-6,10H2,1-2H3,(H,16,17). The first-order valence-electron chi connectivity index (χ1n) is 6.17. The molecule has 0 bridgehead atoms. The maximum atomic E-state index is 6.03. The van der Waals surface area contributed by atoms with Crippen LogP contribution >= 0.6 is 11.6 Å². The maximum absolute atomic E-state index is 6.03. The van der Waals surface area contributed by atoms with Gasteiger partial charge in [-0.25, -0.2) is 0 Å². The molecule has 0 aliphatic carbocycles. The molecular weight excluding hydrogens is 262 g/mol. The fourth-order valence-corrected chi connectivity index (χ4v) is 2.17. The molecule has 1 N–H and O–H groups in total. The van der Waals surface area contributed by atoms with Crippen molar-refractivity contribution in [1.29, 1.82) is 0 Å². The monoisotopic (exact) mass is 279 g/mol. The predicted molar refractivity (Wildman–Crippen MR) is 76.6 cm³/mol. The molecule has 1 heterocycles. The third-order valence-corrected chi connectivity index (χ3v) is 3.25. The summed E-state index contributed by atoms with van der Waals surface area (Å²) in [5.41, 5.74) is 2.31. The summed E-state index contributed by atoms with van der Waals surface area (Å²) in [6, 6.07) is 5.70. The quantitative estimate of drug-likeness (QED) is 0.884. The normalized spacial score (nSPS) is 10.9. The van der Waals surface area contributed by atoms with Gasteiger partial charge in [-0.15, -0.1) is 0 Å². The van der Waals surface area contributed by atoms with Crippen LogP contribution in [0.5, 0.6) is 5.75 Å². The van der Waals surface area contributed by atoms with Crippen molar-refractivity contribution in [3.63, 3.8) is 0 Å². The topological polar surface area (TPSA) is 41.1 Å². The average Bonchev–Trinajstić information content (AvgIpc) is 2.90. The number of likely N-dealkylation sites (N-methyl/N-ethyl adjacent to an activating group) is 1. The summed E-state index contributed by atoms with van der Waals surface area (Å²) in [6.45, 7) is 1.76. The average molecular weight is 280 g/mol. The van der Waals surface area contributed by atoms with E-state index in [9.17, 15) is 0 Å². The van der Waals surface area contributed by atoms with Gasteiger partial charge in [0.1, 0.15) is 5.75 Å². The van der Waals surface area contributed by atoms with Crippen molar-refractivity contribution in [3.8, 4) is 5.75 Å². The lowest BCUT2D eigenvalue weighted by atomic mass is 10.1. The van der Waals surface area contributed by atoms with Gasteiger partial charge in [-0.2, -0.15) is 5.10 Å². The van der Waals surface area contributed by atoms with E-state index in [0.29, 0.717) is 0 Å². The third kappa shape index (κ3) is 3.98. The molecular formula is C14H18ClN3O. The number of hydrogen-bond acceptors (Lipinski definition) is 3. The summed E-state index contributed by atoms with van der Waals surface area (Å²) in [5, 5.41) is 7.50. The van der Waals surface area contributed by atoms with Gasteiger partial charge in [0.15, 0.2) is 0 Å². The number of halogens is 1. The molecule has 102 valence electrons. The van der Waals surface area contributed by atoms with Crippen molar-refractivity contribution in [2.24, 2.45) is 0 Å². The Labute approximate surface area is 118 Å². The lowest BCUT2D eigenvalue weighted by Crippen LogP contribution is -2.21. The number of rotatable bonds is 6. The van der Waals surface area contributed by atoms with Gasteiger partial charge >= 0.3 is 0 Å². The molecule has 0 aliphatic heterocycles. The van der Waals surface area contributed by atoms with Crippen LogP contribution < -0.4 is 4.74 Å². The molecule has 0 aliphatic rings. The van der Waals surface area contributed by atoms with Gasteiger partial charge in [-0.05, 0) is 37.2 Å². The number of nitrogens with zero attached hydrogens (tertiary/aromatic N) is 2. The largest absolute Gasteiger partial charge is 0.496 e. The van der Waals surface area contributed by atoms with E-state index in [0.717, 1.165) is 35.8 Å². The van der Waals surface area contributed by atoms with Gasteiger partial charge in [-0.1, -0.05) is 11.6 Å². The highest BCUT2D eigenvalue weighted by molar-refractivity contribution is 6.30. The van der Waals surface area contributed by atoms with Crippen LogP contribution in [0.15, 0.2) is 30.6 Å². The summed E-state index contributed by atoms with van der Waals surface area (Å²) in [7, 11) is 3.76. The number of H-pyrrole nitrogens is 1. The van der Waals surface area contributed by atoms with Crippen molar-refractivity contribution >= 4 is 11.6 Å². The van der Waals surface area contributed by atoms with Crippen molar-refractivity contribution in [2.75, 3.05) is 20.7 Å². The van der Waals surface area contributed by atoms with Gasteiger partial charge in [0, 0.05) is 29.9 Å². The van der Waals surface area contributed by atoms with Gasteiger partial charge < -0.3 is 9.64 Å². The minimum absolute atomic E-state index is 0.735. The van der Waals surface area contributed by atoms with Crippen molar-refractivity contribution in [1.82, 2.24) is 15.1 Å². The van der Waals surface area contributed by atoms with E-state index in [1.54, 1.807) is 7.11 Å². The van der Waals surface area contributed by atoms with Crippen LogP contribution in [0.1, 0.15) is 11.1 Å². The van der Waals surface area contributed by atoms with E-state index in [1.165, 1.54) is 5.56 Å². The second-order valence-electron chi connectivity index (χ2n) is 4.55. The smallest absolute Gasteiger partial charge is 0.123 e. The second kappa shape index (κ2) is 6.59. The first-order chi connectivity index (χ1) is 9.19. The van der Waals surface area contributed by atoms with Gasteiger partial charge in [0.05, 0.1) is 13.3 Å². The molecule has 0 radical (unpaired) electrons. The summed E-state index contributed by atoms with van der Waals surface area (Å²) in [4.78, 5) is 2.24. The molecule has 19 heavy (non-hydrogen) atoms. The van der Waals surface area contributed by atoms with E-state index in [4.69, 9.17) is 16.3 Å². The summed E-state index contributed by atoms with van der Waals surface area (Å²) in [5.74, 6) is 0.875. The van der Waals surface area contributed by atoms with E-state index >= 15 is 0 Å². The number of hydrogen-bond donors (Lipinski definition) is 1. The molecule has 0 amide bonds. The fourth-order valence-electron chi connectivity index (χ4n) is 1.97. The molecule has 0 spiro atoms. The van der Waals surface area contributed by atoms with E-state index < -0.39 is 0 Å². The zero-order valence-electron chi connectivity index (χ0n) is 11.2. The lowest BCUT2D eigenvalue weighted by molar-refractivity contribution is 0.321. The number of benzene rings is 1. The first-order valence-corrected chi connectivity index (χ1v) is 6.55. The molecule has 0 atom stereocenters. The Bertz CT molecular complexity index is 513. The van der Waals surface area contributed by atoms with E-state index in [-0.39, 0.29) is 0 Å². The Morgan fingerprint density at radius 1 is 1.42 bits per heavy atom. The Balaban J connectivity index is 1.94. The molecule has 1 aromatic carbocycles. The highest BCUT2D eigenvalue weighted by Gasteiger charge is 2.07.